The molecule has 0 spiro atoms. The SMILES string of the molecule is CCCCC(=O)NC(CC(C)C)C(=O)OCc1oc(=O)oc1C. The molecule has 7 nitrogen and oxygen atoms in total. The maximum Gasteiger partial charge on any atom is 0.519 e. The fourth-order valence-electron chi connectivity index (χ4n) is 2.03. The summed E-state index contributed by atoms with van der Waals surface area (Å²) in [6, 6.07) is -0.710. The Morgan fingerprint density at radius 3 is 2.48 bits per heavy atom. The van der Waals surface area contributed by atoms with Crippen molar-refractivity contribution in [1.82, 2.24) is 5.32 Å². The number of amides is 1. The van der Waals surface area contributed by atoms with Crippen molar-refractivity contribution < 1.29 is 23.2 Å². The quantitative estimate of drug-likeness (QED) is 0.699. The lowest BCUT2D eigenvalue weighted by Crippen LogP contribution is -2.42. The number of rotatable bonds is 9. The first-order valence-electron chi connectivity index (χ1n) is 7.88. The summed E-state index contributed by atoms with van der Waals surface area (Å²) in [6.45, 7) is 7.26. The van der Waals surface area contributed by atoms with Gasteiger partial charge in [-0.3, -0.25) is 4.79 Å². The number of unbranched alkanes of at least 4 members (excludes halogenated alkanes) is 1. The van der Waals surface area contributed by atoms with E-state index in [1.54, 1.807) is 6.92 Å². The molecule has 0 saturated heterocycles. The first-order valence-corrected chi connectivity index (χ1v) is 7.88. The maximum atomic E-state index is 12.2. The van der Waals surface area contributed by atoms with Crippen molar-refractivity contribution in [3.63, 3.8) is 0 Å². The van der Waals surface area contributed by atoms with Crippen LogP contribution in [0.5, 0.6) is 0 Å². The molecule has 0 bridgehead atoms. The van der Waals surface area contributed by atoms with Gasteiger partial charge in [-0.2, -0.15) is 0 Å². The largest absolute Gasteiger partial charge is 0.519 e. The Balaban J connectivity index is 2.62. The smallest absolute Gasteiger partial charge is 0.456 e. The number of carbonyl (C=O) groups excluding carboxylic acids is 2. The number of ether oxygens (including phenoxy) is 1. The van der Waals surface area contributed by atoms with E-state index in [1.165, 1.54) is 0 Å². The van der Waals surface area contributed by atoms with Gasteiger partial charge in [0.15, 0.2) is 18.1 Å². The van der Waals surface area contributed by atoms with E-state index >= 15 is 0 Å². The summed E-state index contributed by atoms with van der Waals surface area (Å²) in [4.78, 5) is 35.0. The molecule has 0 aliphatic heterocycles. The molecule has 1 unspecified atom stereocenters. The molecule has 1 N–H and O–H groups in total. The van der Waals surface area contributed by atoms with Gasteiger partial charge in [0.1, 0.15) is 6.04 Å². The first-order chi connectivity index (χ1) is 10.8. The molecule has 130 valence electrons. The van der Waals surface area contributed by atoms with Crippen molar-refractivity contribution in [3.8, 4) is 0 Å². The van der Waals surface area contributed by atoms with Crippen LogP contribution in [0.25, 0.3) is 0 Å². The van der Waals surface area contributed by atoms with E-state index < -0.39 is 17.8 Å². The van der Waals surface area contributed by atoms with Crippen LogP contribution >= 0.6 is 0 Å². The summed E-state index contributed by atoms with van der Waals surface area (Å²) in [5.74, 6) is -0.890. The molecule has 1 aromatic heterocycles. The van der Waals surface area contributed by atoms with Crippen molar-refractivity contribution in [2.45, 2.75) is 66.0 Å². The molecule has 1 atom stereocenters. The number of carbonyl (C=O) groups is 2. The molecule has 0 aromatic carbocycles. The predicted molar refractivity (Wildman–Crippen MR) is 82.7 cm³/mol. The Bertz CT molecular complexity index is 571. The van der Waals surface area contributed by atoms with E-state index in [0.29, 0.717) is 12.8 Å². The minimum Gasteiger partial charge on any atom is -0.456 e. The van der Waals surface area contributed by atoms with E-state index in [-0.39, 0.29) is 30.0 Å². The highest BCUT2D eigenvalue weighted by molar-refractivity contribution is 5.84. The second-order valence-electron chi connectivity index (χ2n) is 5.89. The van der Waals surface area contributed by atoms with Crippen LogP contribution in [-0.2, 0) is 20.9 Å². The zero-order valence-electron chi connectivity index (χ0n) is 14.1. The maximum absolute atomic E-state index is 12.2. The molecule has 1 amide bonds. The van der Waals surface area contributed by atoms with Gasteiger partial charge >= 0.3 is 11.8 Å². The molecule has 1 heterocycles. The zero-order chi connectivity index (χ0) is 17.4. The highest BCUT2D eigenvalue weighted by Gasteiger charge is 2.24. The lowest BCUT2D eigenvalue weighted by Gasteiger charge is -2.19. The Labute approximate surface area is 135 Å². The number of nitrogens with one attached hydrogen (secondary N) is 1. The van der Waals surface area contributed by atoms with Crippen LogP contribution < -0.4 is 11.1 Å². The molecule has 0 radical (unpaired) electrons. The molecule has 23 heavy (non-hydrogen) atoms. The van der Waals surface area contributed by atoms with Crippen LogP contribution in [-0.4, -0.2) is 17.9 Å². The first kappa shape index (κ1) is 19.0. The van der Waals surface area contributed by atoms with Gasteiger partial charge in [-0.1, -0.05) is 27.2 Å². The fraction of sp³-hybridized carbons (Fsp3) is 0.688. The van der Waals surface area contributed by atoms with E-state index in [1.807, 2.05) is 20.8 Å². The monoisotopic (exact) mass is 327 g/mol. The molecule has 1 rings (SSSR count). The Kier molecular flexibility index (Phi) is 7.57. The van der Waals surface area contributed by atoms with Crippen LogP contribution in [0.1, 0.15) is 58.0 Å². The molecule has 0 saturated carbocycles. The van der Waals surface area contributed by atoms with Crippen molar-refractivity contribution in [2.24, 2.45) is 5.92 Å². The predicted octanol–water partition coefficient (Wildman–Crippen LogP) is 2.31. The van der Waals surface area contributed by atoms with Crippen LogP contribution in [0.15, 0.2) is 13.6 Å². The van der Waals surface area contributed by atoms with Gasteiger partial charge in [-0.15, -0.1) is 0 Å². The van der Waals surface area contributed by atoms with Gasteiger partial charge < -0.3 is 18.9 Å². The van der Waals surface area contributed by atoms with Crippen molar-refractivity contribution in [2.75, 3.05) is 0 Å². The highest BCUT2D eigenvalue weighted by Crippen LogP contribution is 2.11. The van der Waals surface area contributed by atoms with Crippen molar-refractivity contribution in [3.05, 3.63) is 22.1 Å². The minimum absolute atomic E-state index is 0.166. The summed E-state index contributed by atoms with van der Waals surface area (Å²) in [6.07, 6.45) is 2.54. The molecular weight excluding hydrogens is 302 g/mol. The third-order valence-electron chi connectivity index (χ3n) is 3.27. The number of hydrogen-bond donors (Lipinski definition) is 1. The van der Waals surface area contributed by atoms with Gasteiger partial charge in [0.25, 0.3) is 0 Å². The van der Waals surface area contributed by atoms with Gasteiger partial charge in [-0.05, 0) is 25.7 Å². The average Bonchev–Trinajstić information content (AvgIpc) is 2.79. The summed E-state index contributed by atoms with van der Waals surface area (Å²) in [5, 5.41) is 2.71. The van der Waals surface area contributed by atoms with E-state index in [9.17, 15) is 14.4 Å². The highest BCUT2D eigenvalue weighted by atomic mass is 16.6. The lowest BCUT2D eigenvalue weighted by atomic mass is 10.0. The van der Waals surface area contributed by atoms with E-state index in [0.717, 1.165) is 12.8 Å². The molecular formula is C16H25NO6. The van der Waals surface area contributed by atoms with Gasteiger partial charge in [0, 0.05) is 6.42 Å². The van der Waals surface area contributed by atoms with Crippen molar-refractivity contribution in [1.29, 1.82) is 0 Å². The third-order valence-corrected chi connectivity index (χ3v) is 3.27. The van der Waals surface area contributed by atoms with Crippen LogP contribution in [0, 0.1) is 12.8 Å². The lowest BCUT2D eigenvalue weighted by molar-refractivity contribution is -0.150. The summed E-state index contributed by atoms with van der Waals surface area (Å²) < 4.78 is 14.6. The normalized spacial score (nSPS) is 12.2. The second-order valence-corrected chi connectivity index (χ2v) is 5.89. The van der Waals surface area contributed by atoms with Gasteiger partial charge in [0.2, 0.25) is 5.91 Å². The van der Waals surface area contributed by atoms with E-state index in [4.69, 9.17) is 13.6 Å². The molecule has 0 aliphatic rings. The second kappa shape index (κ2) is 9.17. The molecule has 0 aliphatic carbocycles. The number of esters is 1. The molecule has 7 heteroatoms. The Hall–Kier alpha value is -2.05. The summed E-state index contributed by atoms with van der Waals surface area (Å²) >= 11 is 0. The van der Waals surface area contributed by atoms with Gasteiger partial charge in [-0.25, -0.2) is 9.59 Å². The van der Waals surface area contributed by atoms with Crippen LogP contribution in [0.4, 0.5) is 0 Å². The molecule has 0 fully saturated rings. The van der Waals surface area contributed by atoms with Gasteiger partial charge in [0.05, 0.1) is 0 Å². The van der Waals surface area contributed by atoms with Crippen molar-refractivity contribution >= 4 is 11.9 Å². The standard InChI is InChI=1S/C16H25NO6/c1-5-6-7-14(18)17-12(8-10(2)3)15(19)21-9-13-11(4)22-16(20)23-13/h10,12H,5-9H2,1-4H3,(H,17,18). The van der Waals surface area contributed by atoms with Crippen LogP contribution in [0.2, 0.25) is 0 Å². The number of hydrogen-bond acceptors (Lipinski definition) is 6. The Morgan fingerprint density at radius 1 is 1.26 bits per heavy atom. The summed E-state index contributed by atoms with van der Waals surface area (Å²) in [5.41, 5.74) is 0. The third kappa shape index (κ3) is 6.71. The van der Waals surface area contributed by atoms with Crippen LogP contribution in [0.3, 0.4) is 0 Å². The fourth-order valence-corrected chi connectivity index (χ4v) is 2.03. The molecule has 1 aromatic rings. The minimum atomic E-state index is -0.833. The number of aryl methyl sites for hydroxylation is 1. The summed E-state index contributed by atoms with van der Waals surface area (Å²) in [7, 11) is 0. The zero-order valence-corrected chi connectivity index (χ0v) is 14.1. The van der Waals surface area contributed by atoms with E-state index in [2.05, 4.69) is 5.32 Å². The Morgan fingerprint density at radius 2 is 1.96 bits per heavy atom. The average molecular weight is 327 g/mol. The topological polar surface area (TPSA) is 98.8 Å².